The lowest BCUT2D eigenvalue weighted by Gasteiger charge is -2.15. The first kappa shape index (κ1) is 26.8. The zero-order valence-electron chi connectivity index (χ0n) is 19.6. The van der Waals surface area contributed by atoms with Crippen molar-refractivity contribution in [3.05, 3.63) is 99.9 Å². The Morgan fingerprint density at radius 2 is 2.00 bits per heavy atom. The summed E-state index contributed by atoms with van der Waals surface area (Å²) in [6.45, 7) is 1.92. The number of fused-ring (bicyclic) bond motifs is 1. The molecule has 37 heavy (non-hydrogen) atoms. The predicted octanol–water partition coefficient (Wildman–Crippen LogP) is 6.52. The van der Waals surface area contributed by atoms with Gasteiger partial charge in [0.2, 0.25) is 0 Å². The molecule has 3 aromatic carbocycles. The first-order valence-corrected chi connectivity index (χ1v) is 12.9. The Bertz CT molecular complexity index is 1610. The van der Waals surface area contributed by atoms with Gasteiger partial charge in [0.1, 0.15) is 17.5 Å². The van der Waals surface area contributed by atoms with Crippen LogP contribution in [0.4, 0.5) is 5.69 Å². The van der Waals surface area contributed by atoms with Crippen molar-refractivity contribution in [2.75, 3.05) is 7.11 Å². The monoisotopic (exact) mass is 648 g/mol. The molecule has 0 unspecified atom stereocenters. The van der Waals surface area contributed by atoms with Gasteiger partial charge in [0, 0.05) is 33.1 Å². The summed E-state index contributed by atoms with van der Waals surface area (Å²) in [5.41, 5.74) is 1.38. The number of non-ortho nitro benzene ring substituents is 1. The summed E-state index contributed by atoms with van der Waals surface area (Å²) in [7, 11) is 1.46. The van der Waals surface area contributed by atoms with E-state index in [9.17, 15) is 14.9 Å². The van der Waals surface area contributed by atoms with E-state index in [1.54, 1.807) is 30.3 Å². The van der Waals surface area contributed by atoms with Crippen molar-refractivity contribution < 1.29 is 14.4 Å². The molecular formula is C25H19Br2ClN4O5. The van der Waals surface area contributed by atoms with Crippen LogP contribution in [0.3, 0.4) is 0 Å². The second-order valence-corrected chi connectivity index (χ2v) is 9.83. The van der Waals surface area contributed by atoms with Gasteiger partial charge in [-0.1, -0.05) is 46.6 Å². The van der Waals surface area contributed by atoms with Crippen LogP contribution in [0.25, 0.3) is 10.9 Å². The van der Waals surface area contributed by atoms with Gasteiger partial charge in [-0.3, -0.25) is 14.9 Å². The topological polar surface area (TPSA) is 109 Å². The lowest BCUT2D eigenvalue weighted by atomic mass is 10.2. The van der Waals surface area contributed by atoms with Crippen LogP contribution in [0.15, 0.2) is 67.4 Å². The Balaban J connectivity index is 1.69. The molecule has 12 heteroatoms. The second kappa shape index (κ2) is 11.4. The van der Waals surface area contributed by atoms with Crippen molar-refractivity contribution in [1.82, 2.24) is 9.66 Å². The molecule has 4 aromatic rings. The van der Waals surface area contributed by atoms with Gasteiger partial charge in [-0.05, 0) is 45.8 Å². The molecule has 0 aliphatic rings. The summed E-state index contributed by atoms with van der Waals surface area (Å²) in [4.78, 5) is 28.3. The normalized spacial score (nSPS) is 11.3. The van der Waals surface area contributed by atoms with E-state index in [0.29, 0.717) is 44.5 Å². The fourth-order valence-corrected chi connectivity index (χ4v) is 4.58. The minimum atomic E-state index is -0.471. The van der Waals surface area contributed by atoms with E-state index in [-0.39, 0.29) is 28.6 Å². The van der Waals surface area contributed by atoms with E-state index in [2.05, 4.69) is 41.9 Å². The molecule has 0 atom stereocenters. The van der Waals surface area contributed by atoms with Crippen LogP contribution in [0.5, 0.6) is 11.5 Å². The Labute approximate surface area is 233 Å². The number of aromatic nitrogens is 2. The third kappa shape index (κ3) is 5.68. The van der Waals surface area contributed by atoms with Crippen molar-refractivity contribution in [3.63, 3.8) is 0 Å². The summed E-state index contributed by atoms with van der Waals surface area (Å²) in [6.07, 6.45) is 1.98. The van der Waals surface area contributed by atoms with E-state index in [1.165, 1.54) is 30.1 Å². The van der Waals surface area contributed by atoms with Gasteiger partial charge < -0.3 is 9.47 Å². The number of hydrogen-bond acceptors (Lipinski definition) is 7. The molecule has 0 saturated carbocycles. The first-order chi connectivity index (χ1) is 17.7. The Morgan fingerprint density at radius 1 is 1.22 bits per heavy atom. The molecule has 0 radical (unpaired) electrons. The summed E-state index contributed by atoms with van der Waals surface area (Å²) in [6, 6.07) is 13.1. The molecular weight excluding hydrogens is 632 g/mol. The van der Waals surface area contributed by atoms with Gasteiger partial charge in [0.25, 0.3) is 11.2 Å². The van der Waals surface area contributed by atoms with Crippen molar-refractivity contribution in [2.24, 2.45) is 5.10 Å². The molecule has 9 nitrogen and oxygen atoms in total. The van der Waals surface area contributed by atoms with E-state index >= 15 is 0 Å². The number of nitro benzene ring substituents is 1. The number of nitrogens with zero attached hydrogens (tertiary/aromatic N) is 4. The van der Waals surface area contributed by atoms with Gasteiger partial charge in [-0.25, -0.2) is 4.98 Å². The van der Waals surface area contributed by atoms with E-state index in [4.69, 9.17) is 21.1 Å². The largest absolute Gasteiger partial charge is 0.493 e. The number of halogens is 3. The van der Waals surface area contributed by atoms with E-state index in [0.717, 1.165) is 4.47 Å². The lowest BCUT2D eigenvalue weighted by molar-refractivity contribution is -0.384. The van der Waals surface area contributed by atoms with Crippen LogP contribution < -0.4 is 15.0 Å². The van der Waals surface area contributed by atoms with Gasteiger partial charge in [-0.15, -0.1) is 0 Å². The molecule has 4 rings (SSSR count). The minimum absolute atomic E-state index is 0.0329. The maximum Gasteiger partial charge on any atom is 0.282 e. The Hall–Kier alpha value is -3.28. The summed E-state index contributed by atoms with van der Waals surface area (Å²) >= 11 is 13.4. The highest BCUT2D eigenvalue weighted by atomic mass is 79.9. The van der Waals surface area contributed by atoms with Gasteiger partial charge >= 0.3 is 0 Å². The summed E-state index contributed by atoms with van der Waals surface area (Å²) < 4.78 is 13.8. The zero-order chi connectivity index (χ0) is 26.7. The molecule has 0 aliphatic carbocycles. The molecule has 0 spiro atoms. The molecule has 0 aliphatic heterocycles. The summed E-state index contributed by atoms with van der Waals surface area (Å²) in [5.74, 6) is 1.08. The van der Waals surface area contributed by atoms with Crippen LogP contribution in [-0.4, -0.2) is 27.9 Å². The first-order valence-electron chi connectivity index (χ1n) is 10.9. The highest BCUT2D eigenvalue weighted by Crippen LogP contribution is 2.42. The fourth-order valence-electron chi connectivity index (χ4n) is 3.56. The average molecular weight is 651 g/mol. The zero-order valence-corrected chi connectivity index (χ0v) is 23.5. The second-order valence-electron chi connectivity index (χ2n) is 7.75. The third-order valence-corrected chi connectivity index (χ3v) is 7.32. The predicted molar refractivity (Wildman–Crippen MR) is 149 cm³/mol. The number of rotatable bonds is 8. The highest BCUT2D eigenvalue weighted by Gasteiger charge is 2.18. The summed E-state index contributed by atoms with van der Waals surface area (Å²) in [5, 5.41) is 16.1. The van der Waals surface area contributed by atoms with Crippen LogP contribution >= 0.6 is 43.5 Å². The van der Waals surface area contributed by atoms with Crippen molar-refractivity contribution in [1.29, 1.82) is 0 Å². The van der Waals surface area contributed by atoms with E-state index < -0.39 is 4.92 Å². The average Bonchev–Trinajstić information content (AvgIpc) is 2.89. The highest BCUT2D eigenvalue weighted by molar-refractivity contribution is 9.10. The van der Waals surface area contributed by atoms with Crippen LogP contribution in [0.2, 0.25) is 5.02 Å². The number of benzene rings is 3. The third-order valence-electron chi connectivity index (χ3n) is 5.38. The maximum absolute atomic E-state index is 13.2. The number of methoxy groups -OCH3 is 1. The van der Waals surface area contributed by atoms with Crippen molar-refractivity contribution in [3.8, 4) is 11.5 Å². The van der Waals surface area contributed by atoms with Gasteiger partial charge in [0.05, 0.1) is 29.2 Å². The van der Waals surface area contributed by atoms with Crippen molar-refractivity contribution in [2.45, 2.75) is 20.0 Å². The number of hydrogen-bond donors (Lipinski definition) is 0. The molecule has 0 saturated heterocycles. The van der Waals surface area contributed by atoms with Crippen LogP contribution in [-0.2, 0) is 13.0 Å². The SMILES string of the molecule is CCc1nc2ccc(Br)cc2c(=O)n1N=Cc1cc(OC)c(OCc2cccc([N+](=O)[O-])c2)c(Cl)c1Br. The molecule has 1 heterocycles. The van der Waals surface area contributed by atoms with Crippen LogP contribution in [0, 0.1) is 10.1 Å². The smallest absolute Gasteiger partial charge is 0.282 e. The number of ether oxygens (including phenoxy) is 2. The van der Waals surface area contributed by atoms with Gasteiger partial charge in [-0.2, -0.15) is 9.78 Å². The van der Waals surface area contributed by atoms with E-state index in [1.807, 2.05) is 13.0 Å². The molecule has 0 N–H and O–H groups in total. The standard InChI is InChI=1S/C25H19Br2ClN4O5/c1-3-21-30-19-8-7-16(26)11-18(19)25(33)31(21)29-12-15-10-20(36-2)24(23(28)22(15)27)37-13-14-5-4-6-17(9-14)32(34)35/h4-12H,3,13H2,1-2H3. The van der Waals surface area contributed by atoms with Crippen LogP contribution in [0.1, 0.15) is 23.9 Å². The number of aryl methyl sites for hydroxylation is 1. The lowest BCUT2D eigenvalue weighted by Crippen LogP contribution is -2.22. The maximum atomic E-state index is 13.2. The molecule has 0 bridgehead atoms. The minimum Gasteiger partial charge on any atom is -0.493 e. The fraction of sp³-hybridized carbons (Fsp3) is 0.160. The van der Waals surface area contributed by atoms with Crippen molar-refractivity contribution >= 4 is 66.3 Å². The quantitative estimate of drug-likeness (QED) is 0.122. The molecule has 0 amide bonds. The Morgan fingerprint density at radius 3 is 2.70 bits per heavy atom. The van der Waals surface area contributed by atoms with Gasteiger partial charge in [0.15, 0.2) is 11.5 Å². The molecule has 1 aromatic heterocycles. The molecule has 190 valence electrons. The molecule has 0 fully saturated rings. The number of nitro groups is 1. The Kier molecular flexibility index (Phi) is 8.25.